The molecule has 2 rings (SSSR count). The standard InChI is InChI=1S/C10H9Br2N3S/c11-7-1-6(2-14-3-7)10(15-13)8-4-16-5-9(8)12/h1-5,10,15H,13H2. The molecule has 0 aliphatic carbocycles. The van der Waals surface area contributed by atoms with Crippen molar-refractivity contribution in [3.8, 4) is 0 Å². The first kappa shape index (κ1) is 12.2. The minimum atomic E-state index is -0.0503. The Morgan fingerprint density at radius 3 is 2.69 bits per heavy atom. The summed E-state index contributed by atoms with van der Waals surface area (Å²) in [7, 11) is 0. The van der Waals surface area contributed by atoms with Crippen LogP contribution in [0.15, 0.2) is 38.2 Å². The van der Waals surface area contributed by atoms with E-state index in [0.29, 0.717) is 0 Å². The Hall–Kier alpha value is -0.270. The molecular formula is C10H9Br2N3S. The zero-order valence-corrected chi connectivity index (χ0v) is 12.1. The first-order chi connectivity index (χ1) is 7.72. The monoisotopic (exact) mass is 361 g/mol. The zero-order valence-electron chi connectivity index (χ0n) is 8.15. The highest BCUT2D eigenvalue weighted by Crippen LogP contribution is 2.31. The third-order valence-corrected chi connectivity index (χ3v) is 4.36. The van der Waals surface area contributed by atoms with E-state index in [4.69, 9.17) is 5.84 Å². The van der Waals surface area contributed by atoms with Gasteiger partial charge in [-0.2, -0.15) is 11.3 Å². The summed E-state index contributed by atoms with van der Waals surface area (Å²) in [5.41, 5.74) is 4.95. The van der Waals surface area contributed by atoms with Gasteiger partial charge in [0.25, 0.3) is 0 Å². The van der Waals surface area contributed by atoms with Crippen molar-refractivity contribution in [2.45, 2.75) is 6.04 Å². The summed E-state index contributed by atoms with van der Waals surface area (Å²) in [4.78, 5) is 4.14. The van der Waals surface area contributed by atoms with Crippen molar-refractivity contribution >= 4 is 43.2 Å². The lowest BCUT2D eigenvalue weighted by Crippen LogP contribution is -2.28. The molecule has 0 aromatic carbocycles. The van der Waals surface area contributed by atoms with Crippen LogP contribution in [0.3, 0.4) is 0 Å². The molecule has 0 aliphatic heterocycles. The highest BCUT2D eigenvalue weighted by atomic mass is 79.9. The summed E-state index contributed by atoms with van der Waals surface area (Å²) in [5, 5.41) is 4.10. The number of hydrogen-bond acceptors (Lipinski definition) is 4. The van der Waals surface area contributed by atoms with Gasteiger partial charge in [0.1, 0.15) is 0 Å². The fourth-order valence-electron chi connectivity index (χ4n) is 1.45. The Labute approximate surface area is 114 Å². The molecule has 2 aromatic heterocycles. The molecule has 6 heteroatoms. The van der Waals surface area contributed by atoms with Crippen LogP contribution in [0, 0.1) is 0 Å². The van der Waals surface area contributed by atoms with Crippen molar-refractivity contribution in [3.63, 3.8) is 0 Å². The van der Waals surface area contributed by atoms with Crippen molar-refractivity contribution in [1.29, 1.82) is 0 Å². The van der Waals surface area contributed by atoms with Gasteiger partial charge in [-0.25, -0.2) is 5.43 Å². The largest absolute Gasteiger partial charge is 0.271 e. The predicted octanol–water partition coefficient (Wildman–Crippen LogP) is 3.22. The number of nitrogens with zero attached hydrogens (tertiary/aromatic N) is 1. The fourth-order valence-corrected chi connectivity index (χ4v) is 3.38. The van der Waals surface area contributed by atoms with Gasteiger partial charge in [-0.05, 0) is 54.4 Å². The van der Waals surface area contributed by atoms with Gasteiger partial charge in [0, 0.05) is 26.7 Å². The molecule has 0 radical (unpaired) electrons. The van der Waals surface area contributed by atoms with Gasteiger partial charge in [0.05, 0.1) is 6.04 Å². The highest BCUT2D eigenvalue weighted by molar-refractivity contribution is 9.10. The van der Waals surface area contributed by atoms with Gasteiger partial charge in [-0.1, -0.05) is 0 Å². The smallest absolute Gasteiger partial charge is 0.0744 e. The number of halogens is 2. The van der Waals surface area contributed by atoms with Crippen molar-refractivity contribution in [1.82, 2.24) is 10.4 Å². The molecule has 0 amide bonds. The van der Waals surface area contributed by atoms with Crippen LogP contribution in [0.25, 0.3) is 0 Å². The van der Waals surface area contributed by atoms with Crippen molar-refractivity contribution in [3.05, 3.63) is 49.3 Å². The summed E-state index contributed by atoms with van der Waals surface area (Å²) in [5.74, 6) is 5.61. The Morgan fingerprint density at radius 1 is 1.31 bits per heavy atom. The summed E-state index contributed by atoms with van der Waals surface area (Å²) in [6.07, 6.45) is 3.55. The van der Waals surface area contributed by atoms with Crippen LogP contribution < -0.4 is 11.3 Å². The van der Waals surface area contributed by atoms with Crippen LogP contribution in [0.1, 0.15) is 17.2 Å². The summed E-state index contributed by atoms with van der Waals surface area (Å²) < 4.78 is 2.00. The Balaban J connectivity index is 2.40. The molecule has 3 nitrogen and oxygen atoms in total. The van der Waals surface area contributed by atoms with Gasteiger partial charge in [-0.3, -0.25) is 10.8 Å². The minimum Gasteiger partial charge on any atom is -0.271 e. The number of hydrogen-bond donors (Lipinski definition) is 2. The molecule has 1 atom stereocenters. The van der Waals surface area contributed by atoms with E-state index in [-0.39, 0.29) is 6.04 Å². The highest BCUT2D eigenvalue weighted by Gasteiger charge is 2.16. The van der Waals surface area contributed by atoms with E-state index in [1.165, 1.54) is 0 Å². The molecule has 0 spiro atoms. The Kier molecular flexibility index (Phi) is 4.10. The lowest BCUT2D eigenvalue weighted by Gasteiger charge is -2.15. The number of pyridine rings is 1. The van der Waals surface area contributed by atoms with Crippen molar-refractivity contribution in [2.24, 2.45) is 5.84 Å². The topological polar surface area (TPSA) is 50.9 Å². The van der Waals surface area contributed by atoms with Crippen LogP contribution in [-0.4, -0.2) is 4.98 Å². The maximum atomic E-state index is 5.61. The Bertz CT molecular complexity index is 486. The van der Waals surface area contributed by atoms with Gasteiger partial charge in [0.2, 0.25) is 0 Å². The molecule has 2 heterocycles. The molecule has 84 valence electrons. The lowest BCUT2D eigenvalue weighted by molar-refractivity contribution is 0.634. The molecule has 3 N–H and O–H groups in total. The second-order valence-corrected chi connectivity index (χ2v) is 5.72. The van der Waals surface area contributed by atoms with E-state index in [9.17, 15) is 0 Å². The van der Waals surface area contributed by atoms with E-state index in [1.54, 1.807) is 23.7 Å². The molecule has 0 saturated carbocycles. The van der Waals surface area contributed by atoms with Gasteiger partial charge in [-0.15, -0.1) is 0 Å². The molecule has 0 aliphatic rings. The number of nitrogens with two attached hydrogens (primary N) is 1. The number of nitrogens with one attached hydrogen (secondary N) is 1. The molecular weight excluding hydrogens is 354 g/mol. The van der Waals surface area contributed by atoms with E-state index >= 15 is 0 Å². The third-order valence-electron chi connectivity index (χ3n) is 2.18. The second-order valence-electron chi connectivity index (χ2n) is 3.21. The summed E-state index contributed by atoms with van der Waals surface area (Å²) in [6.45, 7) is 0. The Morgan fingerprint density at radius 2 is 2.12 bits per heavy atom. The summed E-state index contributed by atoms with van der Waals surface area (Å²) in [6, 6.07) is 1.95. The van der Waals surface area contributed by atoms with E-state index in [1.807, 2.05) is 11.4 Å². The van der Waals surface area contributed by atoms with Crippen LogP contribution >= 0.6 is 43.2 Å². The predicted molar refractivity (Wildman–Crippen MR) is 73.1 cm³/mol. The van der Waals surface area contributed by atoms with E-state index in [0.717, 1.165) is 20.1 Å². The second kappa shape index (κ2) is 5.37. The molecule has 2 aromatic rings. The van der Waals surface area contributed by atoms with Gasteiger partial charge >= 0.3 is 0 Å². The number of thiophene rings is 1. The van der Waals surface area contributed by atoms with E-state index < -0.39 is 0 Å². The summed E-state index contributed by atoms with van der Waals surface area (Å²) >= 11 is 8.54. The van der Waals surface area contributed by atoms with Gasteiger partial charge < -0.3 is 0 Å². The number of hydrazine groups is 1. The van der Waals surface area contributed by atoms with Crippen LogP contribution in [0.4, 0.5) is 0 Å². The lowest BCUT2D eigenvalue weighted by atomic mass is 10.0. The van der Waals surface area contributed by atoms with Crippen LogP contribution in [0.2, 0.25) is 0 Å². The molecule has 1 unspecified atom stereocenters. The SMILES string of the molecule is NNC(c1cncc(Br)c1)c1cscc1Br. The number of aromatic nitrogens is 1. The van der Waals surface area contributed by atoms with Gasteiger partial charge in [0.15, 0.2) is 0 Å². The quantitative estimate of drug-likeness (QED) is 0.651. The molecule has 0 fully saturated rings. The van der Waals surface area contributed by atoms with Crippen molar-refractivity contribution in [2.75, 3.05) is 0 Å². The normalized spacial score (nSPS) is 12.7. The van der Waals surface area contributed by atoms with Crippen molar-refractivity contribution < 1.29 is 0 Å². The fraction of sp³-hybridized carbons (Fsp3) is 0.100. The average Bonchev–Trinajstić information content (AvgIpc) is 2.67. The van der Waals surface area contributed by atoms with E-state index in [2.05, 4.69) is 47.6 Å². The third kappa shape index (κ3) is 2.52. The first-order valence-corrected chi connectivity index (χ1v) is 7.03. The maximum absolute atomic E-state index is 5.61. The van der Waals surface area contributed by atoms with Crippen LogP contribution in [-0.2, 0) is 0 Å². The maximum Gasteiger partial charge on any atom is 0.0744 e. The zero-order chi connectivity index (χ0) is 11.5. The molecule has 0 saturated heterocycles. The molecule has 0 bridgehead atoms. The van der Waals surface area contributed by atoms with Crippen LogP contribution in [0.5, 0.6) is 0 Å². The number of rotatable bonds is 3. The molecule has 16 heavy (non-hydrogen) atoms. The first-order valence-electron chi connectivity index (χ1n) is 4.50. The average molecular weight is 363 g/mol. The minimum absolute atomic E-state index is 0.0503.